The second kappa shape index (κ2) is 12.0. The van der Waals surface area contributed by atoms with Crippen molar-refractivity contribution in [1.29, 1.82) is 0 Å². The Kier molecular flexibility index (Phi) is 9.08. The van der Waals surface area contributed by atoms with E-state index in [1.165, 1.54) is 5.56 Å². The van der Waals surface area contributed by atoms with E-state index in [9.17, 15) is 9.59 Å². The summed E-state index contributed by atoms with van der Waals surface area (Å²) < 4.78 is 1.81. The third-order valence-electron chi connectivity index (χ3n) is 6.24. The monoisotopic (exact) mass is 488 g/mol. The van der Waals surface area contributed by atoms with Crippen LogP contribution < -0.4 is 5.32 Å². The van der Waals surface area contributed by atoms with E-state index in [-0.39, 0.29) is 30.2 Å². The number of aromatic nitrogens is 2. The van der Waals surface area contributed by atoms with Crippen LogP contribution in [0.1, 0.15) is 69.3 Å². The number of rotatable bonds is 10. The molecule has 0 atom stereocenters. The molecule has 0 aliphatic carbocycles. The van der Waals surface area contributed by atoms with Crippen LogP contribution in [0, 0.1) is 13.8 Å². The Morgan fingerprint density at radius 1 is 1.00 bits per heavy atom. The maximum Gasteiger partial charge on any atom is 0.245 e. The zero-order valence-electron chi connectivity index (χ0n) is 22.6. The molecule has 3 rings (SSSR count). The number of carbonyl (C=O) groups is 2. The lowest BCUT2D eigenvalue weighted by atomic mass is 9.92. The van der Waals surface area contributed by atoms with Crippen LogP contribution in [0.2, 0.25) is 0 Å². The van der Waals surface area contributed by atoms with Crippen molar-refractivity contribution in [1.82, 2.24) is 14.7 Å². The molecule has 0 aliphatic rings. The van der Waals surface area contributed by atoms with Gasteiger partial charge in [-0.1, -0.05) is 88.6 Å². The average molecular weight is 489 g/mol. The zero-order valence-corrected chi connectivity index (χ0v) is 22.6. The van der Waals surface area contributed by atoms with Crippen LogP contribution in [0.3, 0.4) is 0 Å². The van der Waals surface area contributed by atoms with Gasteiger partial charge < -0.3 is 10.2 Å². The van der Waals surface area contributed by atoms with Crippen molar-refractivity contribution in [3.63, 3.8) is 0 Å². The Morgan fingerprint density at radius 3 is 2.36 bits per heavy atom. The van der Waals surface area contributed by atoms with Gasteiger partial charge in [0, 0.05) is 18.0 Å². The number of aryl methyl sites for hydroxylation is 2. The van der Waals surface area contributed by atoms with Gasteiger partial charge in [-0.2, -0.15) is 5.10 Å². The van der Waals surface area contributed by atoms with Crippen molar-refractivity contribution >= 4 is 17.6 Å². The molecule has 0 aliphatic heterocycles. The molecule has 1 aromatic heterocycles. The Morgan fingerprint density at radius 2 is 1.72 bits per heavy atom. The molecule has 0 radical (unpaired) electrons. The normalized spacial score (nSPS) is 11.4. The first-order chi connectivity index (χ1) is 17.1. The highest BCUT2D eigenvalue weighted by Gasteiger charge is 2.23. The quantitative estimate of drug-likeness (QED) is 0.357. The molecule has 1 N–H and O–H groups in total. The van der Waals surface area contributed by atoms with Crippen LogP contribution in [0.4, 0.5) is 5.82 Å². The number of unbranched alkanes of at least 4 members (excludes halogenated alkanes) is 2. The summed E-state index contributed by atoms with van der Waals surface area (Å²) in [5.74, 6) is 0.353. The Hall–Kier alpha value is -3.41. The second-order valence-electron chi connectivity index (χ2n) is 10.6. The molecule has 36 heavy (non-hydrogen) atoms. The number of hydrogen-bond donors (Lipinski definition) is 1. The highest BCUT2D eigenvalue weighted by atomic mass is 16.2. The Bertz CT molecular complexity index is 1180. The van der Waals surface area contributed by atoms with Crippen LogP contribution in [-0.2, 0) is 21.4 Å². The fourth-order valence-corrected chi connectivity index (χ4v) is 4.15. The van der Waals surface area contributed by atoms with Crippen LogP contribution in [0.15, 0.2) is 54.6 Å². The minimum absolute atomic E-state index is 0.0122. The second-order valence-corrected chi connectivity index (χ2v) is 10.6. The highest BCUT2D eigenvalue weighted by molar-refractivity contribution is 5.94. The molecule has 6 heteroatoms. The number of benzene rings is 2. The Balaban J connectivity index is 1.83. The number of anilines is 1. The lowest BCUT2D eigenvalue weighted by Crippen LogP contribution is -2.39. The summed E-state index contributed by atoms with van der Waals surface area (Å²) >= 11 is 0. The lowest BCUT2D eigenvalue weighted by molar-refractivity contribution is -0.134. The van der Waals surface area contributed by atoms with Gasteiger partial charge in [-0.25, -0.2) is 4.68 Å². The molecule has 0 unspecified atom stereocenters. The molecule has 3 aromatic rings. The van der Waals surface area contributed by atoms with Crippen LogP contribution in [0.5, 0.6) is 0 Å². The number of carbonyl (C=O) groups excluding carboxylic acids is 2. The first-order valence-electron chi connectivity index (χ1n) is 12.9. The molecule has 1 heterocycles. The van der Waals surface area contributed by atoms with E-state index >= 15 is 0 Å². The summed E-state index contributed by atoms with van der Waals surface area (Å²) in [6, 6.07) is 17.8. The molecule has 0 spiro atoms. The molecular formula is C30H40N4O2. The lowest BCUT2D eigenvalue weighted by Gasteiger charge is -2.22. The third kappa shape index (κ3) is 7.30. The van der Waals surface area contributed by atoms with Crippen molar-refractivity contribution in [2.45, 2.75) is 72.6 Å². The van der Waals surface area contributed by atoms with Gasteiger partial charge in [0.15, 0.2) is 0 Å². The topological polar surface area (TPSA) is 67.2 Å². The van der Waals surface area contributed by atoms with E-state index < -0.39 is 0 Å². The first kappa shape index (κ1) is 27.2. The van der Waals surface area contributed by atoms with Crippen LogP contribution in [-0.4, -0.2) is 39.6 Å². The van der Waals surface area contributed by atoms with Crippen LogP contribution >= 0.6 is 0 Å². The molecule has 0 bridgehead atoms. The predicted octanol–water partition coefficient (Wildman–Crippen LogP) is 5.99. The fraction of sp³-hybridized carbons (Fsp3) is 0.433. The van der Waals surface area contributed by atoms with Gasteiger partial charge in [0.1, 0.15) is 5.82 Å². The van der Waals surface area contributed by atoms with Gasteiger partial charge in [0.25, 0.3) is 0 Å². The summed E-state index contributed by atoms with van der Waals surface area (Å²) in [5, 5.41) is 7.90. The van der Waals surface area contributed by atoms with Gasteiger partial charge in [-0.15, -0.1) is 0 Å². The highest BCUT2D eigenvalue weighted by Crippen LogP contribution is 2.27. The van der Waals surface area contributed by atoms with Crippen molar-refractivity contribution < 1.29 is 9.59 Å². The zero-order chi connectivity index (χ0) is 26.3. The summed E-state index contributed by atoms with van der Waals surface area (Å²) in [7, 11) is 0. The van der Waals surface area contributed by atoms with E-state index in [2.05, 4.69) is 46.0 Å². The summed E-state index contributed by atoms with van der Waals surface area (Å²) in [4.78, 5) is 28.1. The Labute approximate surface area is 215 Å². The smallest absolute Gasteiger partial charge is 0.245 e. The van der Waals surface area contributed by atoms with Crippen LogP contribution in [0.25, 0.3) is 5.69 Å². The minimum Gasteiger partial charge on any atom is -0.333 e. The molecule has 2 aromatic carbocycles. The SMILES string of the molecule is CCCCCN(CC(=O)Nc1cc(C(C)(C)C)nn1-c1ccc(C)cc1C)C(=O)Cc1ccccc1. The molecule has 0 saturated carbocycles. The average Bonchev–Trinajstić information content (AvgIpc) is 3.23. The van der Waals surface area contributed by atoms with E-state index in [0.717, 1.165) is 41.8 Å². The summed E-state index contributed by atoms with van der Waals surface area (Å²) in [6.07, 6.45) is 3.23. The largest absolute Gasteiger partial charge is 0.333 e. The molecule has 6 nitrogen and oxygen atoms in total. The van der Waals surface area contributed by atoms with Gasteiger partial charge in [0.2, 0.25) is 11.8 Å². The van der Waals surface area contributed by atoms with Crippen molar-refractivity contribution in [3.05, 3.63) is 77.0 Å². The third-order valence-corrected chi connectivity index (χ3v) is 6.24. The molecule has 0 fully saturated rings. The van der Waals surface area contributed by atoms with Crippen molar-refractivity contribution in [3.8, 4) is 5.69 Å². The van der Waals surface area contributed by atoms with Crippen molar-refractivity contribution in [2.75, 3.05) is 18.4 Å². The standard InChI is InChI=1S/C30H40N4O2/c1-7-8-12-17-33(29(36)19-24-13-10-9-11-14-24)21-28(35)31-27-20-26(30(4,5)6)32-34(27)25-16-15-22(2)18-23(25)3/h9-11,13-16,18,20H,7-8,12,17,19,21H2,1-6H3,(H,31,35). The summed E-state index contributed by atoms with van der Waals surface area (Å²) in [5.41, 5.74) is 4.83. The molecule has 0 saturated heterocycles. The molecule has 2 amide bonds. The number of hydrogen-bond acceptors (Lipinski definition) is 3. The summed E-state index contributed by atoms with van der Waals surface area (Å²) in [6.45, 7) is 13.1. The number of nitrogens with zero attached hydrogens (tertiary/aromatic N) is 3. The van der Waals surface area contributed by atoms with Gasteiger partial charge in [-0.05, 0) is 37.5 Å². The first-order valence-corrected chi connectivity index (χ1v) is 12.9. The van der Waals surface area contributed by atoms with Gasteiger partial charge in [0.05, 0.1) is 24.3 Å². The van der Waals surface area contributed by atoms with Crippen molar-refractivity contribution in [2.24, 2.45) is 0 Å². The molecular weight excluding hydrogens is 448 g/mol. The molecule has 192 valence electrons. The predicted molar refractivity (Wildman–Crippen MR) is 147 cm³/mol. The van der Waals surface area contributed by atoms with E-state index in [1.807, 2.05) is 55.5 Å². The number of amides is 2. The van der Waals surface area contributed by atoms with E-state index in [0.29, 0.717) is 12.4 Å². The van der Waals surface area contributed by atoms with E-state index in [1.54, 1.807) is 9.58 Å². The van der Waals surface area contributed by atoms with E-state index in [4.69, 9.17) is 5.10 Å². The maximum atomic E-state index is 13.2. The minimum atomic E-state index is -0.223. The van der Waals surface area contributed by atoms with Gasteiger partial charge >= 0.3 is 0 Å². The maximum absolute atomic E-state index is 13.2. The fourth-order valence-electron chi connectivity index (χ4n) is 4.15. The van der Waals surface area contributed by atoms with Gasteiger partial charge in [-0.3, -0.25) is 9.59 Å². The number of nitrogens with one attached hydrogen (secondary N) is 1.